The molecule has 0 radical (unpaired) electrons. The molecule has 0 spiro atoms. The van der Waals surface area contributed by atoms with E-state index in [0.29, 0.717) is 18.5 Å². The SMILES string of the molecule is Brc1cncc(NCc2nnc(C3CC3)n2C2CC2)c1. The van der Waals surface area contributed by atoms with Crippen molar-refractivity contribution in [3.8, 4) is 0 Å². The molecule has 6 heteroatoms. The van der Waals surface area contributed by atoms with E-state index in [2.05, 4.69) is 41.0 Å². The van der Waals surface area contributed by atoms with E-state index in [1.165, 1.54) is 31.5 Å². The standard InChI is InChI=1S/C14H16BrN5/c15-10-5-11(7-16-6-10)17-8-13-18-19-14(9-1-2-9)20(13)12-3-4-12/h5-7,9,12,17H,1-4,8H2. The molecule has 0 aromatic carbocycles. The van der Waals surface area contributed by atoms with Crippen LogP contribution in [0.3, 0.4) is 0 Å². The van der Waals surface area contributed by atoms with Gasteiger partial charge in [0.15, 0.2) is 5.82 Å². The number of nitrogens with zero attached hydrogens (tertiary/aromatic N) is 4. The van der Waals surface area contributed by atoms with Crippen molar-refractivity contribution in [2.24, 2.45) is 0 Å². The van der Waals surface area contributed by atoms with Gasteiger partial charge < -0.3 is 9.88 Å². The lowest BCUT2D eigenvalue weighted by molar-refractivity contribution is 0.650. The Morgan fingerprint density at radius 2 is 2.05 bits per heavy atom. The largest absolute Gasteiger partial charge is 0.376 e. The van der Waals surface area contributed by atoms with Gasteiger partial charge in [-0.05, 0) is 47.7 Å². The maximum absolute atomic E-state index is 4.42. The molecule has 0 bridgehead atoms. The molecule has 1 N–H and O–H groups in total. The number of rotatable bonds is 5. The molecule has 5 nitrogen and oxygen atoms in total. The van der Waals surface area contributed by atoms with Gasteiger partial charge in [0, 0.05) is 22.6 Å². The molecule has 20 heavy (non-hydrogen) atoms. The molecule has 0 aliphatic heterocycles. The van der Waals surface area contributed by atoms with E-state index in [9.17, 15) is 0 Å². The summed E-state index contributed by atoms with van der Waals surface area (Å²) in [6.07, 6.45) is 8.68. The Balaban J connectivity index is 1.53. The third-order valence-electron chi connectivity index (χ3n) is 3.80. The molecule has 2 fully saturated rings. The summed E-state index contributed by atoms with van der Waals surface area (Å²) in [4.78, 5) is 4.16. The van der Waals surface area contributed by atoms with Crippen LogP contribution in [0.5, 0.6) is 0 Å². The summed E-state index contributed by atoms with van der Waals surface area (Å²) < 4.78 is 3.35. The van der Waals surface area contributed by atoms with Crippen molar-refractivity contribution in [1.29, 1.82) is 0 Å². The van der Waals surface area contributed by atoms with Crippen molar-refractivity contribution in [2.75, 3.05) is 5.32 Å². The molecule has 2 saturated carbocycles. The molecule has 2 aliphatic carbocycles. The molecule has 0 atom stereocenters. The molecule has 2 aliphatic rings. The van der Waals surface area contributed by atoms with Gasteiger partial charge in [-0.25, -0.2) is 0 Å². The average Bonchev–Trinajstić information content (AvgIpc) is 3.35. The van der Waals surface area contributed by atoms with Gasteiger partial charge in [-0.1, -0.05) is 0 Å². The minimum atomic E-state index is 0.637. The van der Waals surface area contributed by atoms with Gasteiger partial charge in [-0.15, -0.1) is 10.2 Å². The van der Waals surface area contributed by atoms with Crippen molar-refractivity contribution in [3.05, 3.63) is 34.6 Å². The number of halogens is 1. The Kier molecular flexibility index (Phi) is 2.98. The van der Waals surface area contributed by atoms with E-state index in [1.54, 1.807) is 6.20 Å². The highest BCUT2D eigenvalue weighted by Crippen LogP contribution is 2.44. The molecule has 104 valence electrons. The second-order valence-corrected chi connectivity index (χ2v) is 6.51. The summed E-state index contributed by atoms with van der Waals surface area (Å²) in [5.74, 6) is 2.91. The van der Waals surface area contributed by atoms with E-state index in [1.807, 2.05) is 12.3 Å². The fourth-order valence-corrected chi connectivity index (χ4v) is 2.86. The zero-order valence-electron chi connectivity index (χ0n) is 11.1. The van der Waals surface area contributed by atoms with Crippen LogP contribution in [0.15, 0.2) is 22.9 Å². The van der Waals surface area contributed by atoms with Crippen LogP contribution in [0.2, 0.25) is 0 Å². The highest BCUT2D eigenvalue weighted by Gasteiger charge is 2.36. The number of hydrogen-bond acceptors (Lipinski definition) is 4. The predicted molar refractivity (Wildman–Crippen MR) is 79.5 cm³/mol. The number of anilines is 1. The number of aromatic nitrogens is 4. The normalized spacial score (nSPS) is 18.2. The van der Waals surface area contributed by atoms with E-state index in [0.717, 1.165) is 16.0 Å². The fourth-order valence-electron chi connectivity index (χ4n) is 2.50. The van der Waals surface area contributed by atoms with Crippen LogP contribution in [-0.2, 0) is 6.54 Å². The summed E-state index contributed by atoms with van der Waals surface area (Å²) >= 11 is 3.43. The first-order valence-corrected chi connectivity index (χ1v) is 7.88. The van der Waals surface area contributed by atoms with Crippen LogP contribution in [0.25, 0.3) is 0 Å². The second kappa shape index (κ2) is 4.84. The molecular weight excluding hydrogens is 318 g/mol. The van der Waals surface area contributed by atoms with Gasteiger partial charge in [-0.2, -0.15) is 0 Å². The first kappa shape index (κ1) is 12.3. The van der Waals surface area contributed by atoms with Crippen LogP contribution in [-0.4, -0.2) is 19.7 Å². The third kappa shape index (κ3) is 2.44. The Morgan fingerprint density at radius 3 is 2.75 bits per heavy atom. The van der Waals surface area contributed by atoms with Gasteiger partial charge in [-0.3, -0.25) is 4.98 Å². The third-order valence-corrected chi connectivity index (χ3v) is 4.24. The number of nitrogens with one attached hydrogen (secondary N) is 1. The topological polar surface area (TPSA) is 55.6 Å². The van der Waals surface area contributed by atoms with E-state index in [-0.39, 0.29) is 0 Å². The molecule has 2 heterocycles. The summed E-state index contributed by atoms with van der Waals surface area (Å²) in [6, 6.07) is 2.66. The minimum Gasteiger partial charge on any atom is -0.376 e. The molecule has 2 aromatic rings. The molecule has 0 amide bonds. The van der Waals surface area contributed by atoms with Crippen molar-refractivity contribution < 1.29 is 0 Å². The summed E-state index contributed by atoms with van der Waals surface area (Å²) in [6.45, 7) is 0.703. The van der Waals surface area contributed by atoms with Crippen molar-refractivity contribution in [1.82, 2.24) is 19.7 Å². The molecule has 2 aromatic heterocycles. The van der Waals surface area contributed by atoms with Crippen LogP contribution in [0, 0.1) is 0 Å². The van der Waals surface area contributed by atoms with Crippen molar-refractivity contribution >= 4 is 21.6 Å². The van der Waals surface area contributed by atoms with Gasteiger partial charge >= 0.3 is 0 Å². The van der Waals surface area contributed by atoms with Gasteiger partial charge in [0.25, 0.3) is 0 Å². The van der Waals surface area contributed by atoms with E-state index >= 15 is 0 Å². The minimum absolute atomic E-state index is 0.637. The van der Waals surface area contributed by atoms with Crippen molar-refractivity contribution in [3.63, 3.8) is 0 Å². The van der Waals surface area contributed by atoms with Crippen LogP contribution >= 0.6 is 15.9 Å². The zero-order chi connectivity index (χ0) is 13.5. The van der Waals surface area contributed by atoms with Crippen LogP contribution < -0.4 is 5.32 Å². The number of hydrogen-bond donors (Lipinski definition) is 1. The lowest BCUT2D eigenvalue weighted by Gasteiger charge is -2.10. The molecule has 4 rings (SSSR count). The van der Waals surface area contributed by atoms with Crippen LogP contribution in [0.4, 0.5) is 5.69 Å². The molecule has 0 saturated heterocycles. The Labute approximate surface area is 125 Å². The van der Waals surface area contributed by atoms with E-state index < -0.39 is 0 Å². The quantitative estimate of drug-likeness (QED) is 0.912. The molecular formula is C14H16BrN5. The smallest absolute Gasteiger partial charge is 0.152 e. The first-order chi connectivity index (χ1) is 9.81. The highest BCUT2D eigenvalue weighted by atomic mass is 79.9. The fraction of sp³-hybridized carbons (Fsp3) is 0.500. The summed E-state index contributed by atoms with van der Waals surface area (Å²) in [5.41, 5.74) is 0.998. The number of pyridine rings is 1. The second-order valence-electron chi connectivity index (χ2n) is 5.60. The van der Waals surface area contributed by atoms with Gasteiger partial charge in [0.05, 0.1) is 18.4 Å². The summed E-state index contributed by atoms with van der Waals surface area (Å²) in [7, 11) is 0. The van der Waals surface area contributed by atoms with Gasteiger partial charge in [0.2, 0.25) is 0 Å². The van der Waals surface area contributed by atoms with Gasteiger partial charge in [0.1, 0.15) is 5.82 Å². The van der Waals surface area contributed by atoms with E-state index in [4.69, 9.17) is 0 Å². The average molecular weight is 334 g/mol. The maximum Gasteiger partial charge on any atom is 0.152 e. The van der Waals surface area contributed by atoms with Crippen LogP contribution in [0.1, 0.15) is 49.3 Å². The first-order valence-electron chi connectivity index (χ1n) is 7.09. The van der Waals surface area contributed by atoms with Crippen molar-refractivity contribution in [2.45, 2.75) is 44.2 Å². The monoisotopic (exact) mass is 333 g/mol. The zero-order valence-corrected chi connectivity index (χ0v) is 12.7. The Morgan fingerprint density at radius 1 is 1.20 bits per heavy atom. The lowest BCUT2D eigenvalue weighted by Crippen LogP contribution is -2.10. The Bertz CT molecular complexity index is 630. The predicted octanol–water partition coefficient (Wildman–Crippen LogP) is 3.26. The maximum atomic E-state index is 4.42. The molecule has 0 unspecified atom stereocenters. The summed E-state index contributed by atoms with van der Waals surface area (Å²) in [5, 5.41) is 12.2. The Hall–Kier alpha value is -1.43. The highest BCUT2D eigenvalue weighted by molar-refractivity contribution is 9.10. The lowest BCUT2D eigenvalue weighted by atomic mass is 10.3.